The molecule has 1 fully saturated rings. The molecule has 0 bridgehead atoms. The first-order valence-electron chi connectivity index (χ1n) is 7.05. The Hall–Kier alpha value is -1.37. The molecule has 3 nitrogen and oxygen atoms in total. The van der Waals surface area contributed by atoms with Crippen LogP contribution in [0.2, 0.25) is 0 Å². The molecule has 102 valence electrons. The van der Waals surface area contributed by atoms with Crippen molar-refractivity contribution in [1.29, 1.82) is 5.26 Å². The molecule has 1 N–H and O–H groups in total. The van der Waals surface area contributed by atoms with Crippen LogP contribution in [0.25, 0.3) is 0 Å². The smallest absolute Gasteiger partial charge is 0.0638 e. The van der Waals surface area contributed by atoms with Crippen molar-refractivity contribution in [1.82, 2.24) is 10.2 Å². The fourth-order valence-corrected chi connectivity index (χ4v) is 2.65. The first-order chi connectivity index (χ1) is 9.17. The number of nitriles is 1. The van der Waals surface area contributed by atoms with Gasteiger partial charge in [-0.3, -0.25) is 4.90 Å². The monoisotopic (exact) mass is 257 g/mol. The van der Waals surface area contributed by atoms with E-state index in [1.165, 1.54) is 11.1 Å². The quantitative estimate of drug-likeness (QED) is 0.903. The third-order valence-electron chi connectivity index (χ3n) is 3.67. The predicted octanol–water partition coefficient (Wildman–Crippen LogP) is 2.32. The molecule has 1 aromatic rings. The van der Waals surface area contributed by atoms with E-state index >= 15 is 0 Å². The maximum atomic E-state index is 8.87. The fraction of sp³-hybridized carbons (Fsp3) is 0.562. The van der Waals surface area contributed by atoms with Crippen molar-refractivity contribution in [3.63, 3.8) is 0 Å². The third-order valence-corrected chi connectivity index (χ3v) is 3.67. The van der Waals surface area contributed by atoms with Crippen LogP contribution < -0.4 is 5.32 Å². The molecule has 2 atom stereocenters. The molecule has 0 amide bonds. The molecule has 19 heavy (non-hydrogen) atoms. The largest absolute Gasteiger partial charge is 0.311 e. The van der Waals surface area contributed by atoms with Crippen molar-refractivity contribution in [2.75, 3.05) is 19.6 Å². The highest BCUT2D eigenvalue weighted by molar-refractivity contribution is 5.21. The fourth-order valence-electron chi connectivity index (χ4n) is 2.65. The number of hydrogen-bond donors (Lipinski definition) is 1. The van der Waals surface area contributed by atoms with Gasteiger partial charge in [0.1, 0.15) is 0 Å². The number of nitrogens with zero attached hydrogens (tertiary/aromatic N) is 2. The normalized spacial score (nSPS) is 24.7. The summed E-state index contributed by atoms with van der Waals surface area (Å²) in [6, 6.07) is 11.3. The van der Waals surface area contributed by atoms with Gasteiger partial charge in [-0.1, -0.05) is 36.8 Å². The Morgan fingerprint density at radius 2 is 2.05 bits per heavy atom. The summed E-state index contributed by atoms with van der Waals surface area (Å²) >= 11 is 0. The van der Waals surface area contributed by atoms with E-state index in [4.69, 9.17) is 5.26 Å². The first kappa shape index (κ1) is 14.0. The molecule has 0 saturated carbocycles. The minimum atomic E-state index is 0.306. The van der Waals surface area contributed by atoms with Gasteiger partial charge in [-0.25, -0.2) is 0 Å². The second-order valence-electron chi connectivity index (χ2n) is 5.75. The average molecular weight is 257 g/mol. The molecule has 0 aromatic heterocycles. The summed E-state index contributed by atoms with van der Waals surface area (Å²) in [6.45, 7) is 8.44. The second-order valence-corrected chi connectivity index (χ2v) is 5.75. The van der Waals surface area contributed by atoms with E-state index in [0.717, 1.165) is 26.2 Å². The van der Waals surface area contributed by atoms with Crippen LogP contribution in [-0.4, -0.2) is 30.6 Å². The summed E-state index contributed by atoms with van der Waals surface area (Å²) in [5, 5.41) is 12.4. The van der Waals surface area contributed by atoms with Crippen molar-refractivity contribution in [2.24, 2.45) is 5.92 Å². The Morgan fingerprint density at radius 1 is 1.32 bits per heavy atom. The number of hydrogen-bond acceptors (Lipinski definition) is 3. The summed E-state index contributed by atoms with van der Waals surface area (Å²) < 4.78 is 0. The van der Waals surface area contributed by atoms with Crippen molar-refractivity contribution in [2.45, 2.75) is 32.9 Å². The number of benzene rings is 1. The van der Waals surface area contributed by atoms with Crippen LogP contribution in [0.15, 0.2) is 24.3 Å². The SMILES string of the molecule is Cc1ccc(CN2CC(C)CNC(CC#N)C2)cc1. The van der Waals surface area contributed by atoms with Gasteiger partial charge in [-0.15, -0.1) is 0 Å². The molecule has 2 unspecified atom stereocenters. The van der Waals surface area contributed by atoms with Crippen LogP contribution in [0.3, 0.4) is 0 Å². The van der Waals surface area contributed by atoms with Gasteiger partial charge in [0.25, 0.3) is 0 Å². The number of rotatable bonds is 3. The molecular formula is C16H23N3. The maximum Gasteiger partial charge on any atom is 0.0638 e. The van der Waals surface area contributed by atoms with Gasteiger partial charge in [0, 0.05) is 25.7 Å². The number of aryl methyl sites for hydroxylation is 1. The van der Waals surface area contributed by atoms with E-state index in [9.17, 15) is 0 Å². The van der Waals surface area contributed by atoms with Gasteiger partial charge in [0.2, 0.25) is 0 Å². The Balaban J connectivity index is 2.00. The Bertz CT molecular complexity index is 432. The summed E-state index contributed by atoms with van der Waals surface area (Å²) in [5.41, 5.74) is 2.66. The minimum Gasteiger partial charge on any atom is -0.311 e. The standard InChI is InChI=1S/C16H23N3/c1-13-3-5-15(6-4-13)11-19-10-14(2)9-18-16(12-19)7-8-17/h3-6,14,16,18H,7,9-12H2,1-2H3. The Labute approximate surface area is 116 Å². The Kier molecular flexibility index (Phi) is 4.95. The van der Waals surface area contributed by atoms with Crippen LogP contribution >= 0.6 is 0 Å². The molecule has 1 aliphatic heterocycles. The van der Waals surface area contributed by atoms with Gasteiger partial charge in [0.15, 0.2) is 0 Å². The predicted molar refractivity (Wildman–Crippen MR) is 77.6 cm³/mol. The van der Waals surface area contributed by atoms with E-state index < -0.39 is 0 Å². The zero-order chi connectivity index (χ0) is 13.7. The molecule has 0 spiro atoms. The van der Waals surface area contributed by atoms with Crippen LogP contribution in [0.5, 0.6) is 0 Å². The van der Waals surface area contributed by atoms with Crippen molar-refractivity contribution < 1.29 is 0 Å². The van der Waals surface area contributed by atoms with Crippen molar-refractivity contribution in [3.05, 3.63) is 35.4 Å². The van der Waals surface area contributed by atoms with E-state index in [0.29, 0.717) is 18.4 Å². The molecule has 1 saturated heterocycles. The Morgan fingerprint density at radius 3 is 2.74 bits per heavy atom. The van der Waals surface area contributed by atoms with Crippen LogP contribution in [0, 0.1) is 24.2 Å². The molecule has 0 radical (unpaired) electrons. The van der Waals surface area contributed by atoms with Gasteiger partial charge in [-0.05, 0) is 24.9 Å². The van der Waals surface area contributed by atoms with E-state index in [1.807, 2.05) is 0 Å². The molecule has 3 heteroatoms. The highest BCUT2D eigenvalue weighted by atomic mass is 15.2. The molecule has 2 rings (SSSR count). The molecule has 0 aliphatic carbocycles. The highest BCUT2D eigenvalue weighted by Crippen LogP contribution is 2.13. The lowest BCUT2D eigenvalue weighted by Gasteiger charge is -2.24. The van der Waals surface area contributed by atoms with Crippen molar-refractivity contribution in [3.8, 4) is 6.07 Å². The summed E-state index contributed by atoms with van der Waals surface area (Å²) in [4.78, 5) is 2.47. The van der Waals surface area contributed by atoms with Crippen LogP contribution in [0.4, 0.5) is 0 Å². The average Bonchev–Trinajstić information content (AvgIpc) is 2.55. The zero-order valence-electron chi connectivity index (χ0n) is 11.9. The zero-order valence-corrected chi connectivity index (χ0v) is 11.9. The first-order valence-corrected chi connectivity index (χ1v) is 7.05. The minimum absolute atomic E-state index is 0.306. The lowest BCUT2D eigenvalue weighted by Crippen LogP contribution is -2.37. The van der Waals surface area contributed by atoms with Crippen LogP contribution in [0.1, 0.15) is 24.5 Å². The molecule has 1 aromatic carbocycles. The maximum absolute atomic E-state index is 8.87. The van der Waals surface area contributed by atoms with Gasteiger partial charge in [-0.2, -0.15) is 5.26 Å². The lowest BCUT2D eigenvalue weighted by atomic mass is 10.1. The number of nitrogens with one attached hydrogen (secondary N) is 1. The van der Waals surface area contributed by atoms with Gasteiger partial charge < -0.3 is 5.32 Å². The summed E-state index contributed by atoms with van der Waals surface area (Å²) in [5.74, 6) is 0.633. The molecule has 1 heterocycles. The van der Waals surface area contributed by atoms with Crippen LogP contribution in [-0.2, 0) is 6.54 Å². The molecular weight excluding hydrogens is 234 g/mol. The van der Waals surface area contributed by atoms with E-state index in [-0.39, 0.29) is 0 Å². The lowest BCUT2D eigenvalue weighted by molar-refractivity contribution is 0.241. The summed E-state index contributed by atoms with van der Waals surface area (Å²) in [7, 11) is 0. The summed E-state index contributed by atoms with van der Waals surface area (Å²) in [6.07, 6.45) is 0.594. The van der Waals surface area contributed by atoms with Gasteiger partial charge in [0.05, 0.1) is 12.5 Å². The van der Waals surface area contributed by atoms with Crippen molar-refractivity contribution >= 4 is 0 Å². The highest BCUT2D eigenvalue weighted by Gasteiger charge is 2.21. The topological polar surface area (TPSA) is 39.1 Å². The second kappa shape index (κ2) is 6.70. The van der Waals surface area contributed by atoms with E-state index in [1.54, 1.807) is 0 Å². The molecule has 1 aliphatic rings. The third kappa shape index (κ3) is 4.34. The van der Waals surface area contributed by atoms with E-state index in [2.05, 4.69) is 54.4 Å². The van der Waals surface area contributed by atoms with Gasteiger partial charge >= 0.3 is 0 Å².